The van der Waals surface area contributed by atoms with Gasteiger partial charge in [-0.25, -0.2) is 0 Å². The molecule has 174 valence electrons. The number of ether oxygens (including phenoxy) is 2. The van der Waals surface area contributed by atoms with Gasteiger partial charge in [-0.2, -0.15) is 0 Å². The monoisotopic (exact) mass is 451 g/mol. The highest BCUT2D eigenvalue weighted by Gasteiger charge is 2.38. The summed E-state index contributed by atoms with van der Waals surface area (Å²) in [5.74, 6) is 0.527. The van der Waals surface area contributed by atoms with Crippen LogP contribution < -0.4 is 14.4 Å². The van der Waals surface area contributed by atoms with Gasteiger partial charge in [0.05, 0.1) is 25.7 Å². The van der Waals surface area contributed by atoms with Crippen LogP contribution >= 0.6 is 0 Å². The zero-order chi connectivity index (χ0) is 23.5. The number of piperazine rings is 1. The normalized spacial score (nSPS) is 18.5. The zero-order valence-corrected chi connectivity index (χ0v) is 19.2. The van der Waals surface area contributed by atoms with Gasteiger partial charge in [-0.15, -0.1) is 0 Å². The van der Waals surface area contributed by atoms with E-state index in [1.165, 1.54) is 7.11 Å². The molecule has 2 aliphatic rings. The molecular weight excluding hydrogens is 422 g/mol. The largest absolute Gasteiger partial charge is 0.497 e. The van der Waals surface area contributed by atoms with Crippen LogP contribution in [0.3, 0.4) is 0 Å². The van der Waals surface area contributed by atoms with Crippen molar-refractivity contribution in [1.82, 2.24) is 9.80 Å². The van der Waals surface area contributed by atoms with Crippen LogP contribution in [-0.4, -0.2) is 74.5 Å². The lowest BCUT2D eigenvalue weighted by Gasteiger charge is -2.36. The maximum Gasteiger partial charge on any atom is 0.257 e. The quantitative estimate of drug-likeness (QED) is 0.697. The van der Waals surface area contributed by atoms with Crippen LogP contribution in [-0.2, 0) is 9.59 Å². The molecule has 2 aromatic rings. The molecule has 0 bridgehead atoms. The number of hydrogen-bond acceptors (Lipinski definition) is 5. The Hall–Kier alpha value is -3.55. The fourth-order valence-electron chi connectivity index (χ4n) is 4.38. The summed E-state index contributed by atoms with van der Waals surface area (Å²) in [4.78, 5) is 43.9. The van der Waals surface area contributed by atoms with E-state index in [4.69, 9.17) is 9.47 Å². The Morgan fingerprint density at radius 1 is 0.909 bits per heavy atom. The van der Waals surface area contributed by atoms with Crippen LogP contribution in [0.5, 0.6) is 11.5 Å². The first kappa shape index (κ1) is 22.6. The van der Waals surface area contributed by atoms with Gasteiger partial charge in [0, 0.05) is 50.9 Å². The predicted molar refractivity (Wildman–Crippen MR) is 124 cm³/mol. The summed E-state index contributed by atoms with van der Waals surface area (Å²) in [7, 11) is 3.08. The van der Waals surface area contributed by atoms with Gasteiger partial charge in [-0.3, -0.25) is 14.4 Å². The number of anilines is 1. The minimum absolute atomic E-state index is 0.0212. The molecule has 0 saturated carbocycles. The van der Waals surface area contributed by atoms with Crippen molar-refractivity contribution in [1.29, 1.82) is 0 Å². The number of aryl methyl sites for hydroxylation is 1. The SMILES string of the molecule is COc1ccc(C(=O)N2CCN(C(=O)C3CC(=O)N(c4ccc(C)cc4)C3)CC2)c(OC)c1. The average molecular weight is 452 g/mol. The number of carbonyl (C=O) groups excluding carboxylic acids is 3. The van der Waals surface area contributed by atoms with Gasteiger partial charge in [-0.1, -0.05) is 17.7 Å². The molecule has 2 aliphatic heterocycles. The number of nitrogens with zero attached hydrogens (tertiary/aromatic N) is 3. The molecule has 33 heavy (non-hydrogen) atoms. The Kier molecular flexibility index (Phi) is 6.53. The molecule has 0 aliphatic carbocycles. The summed E-state index contributed by atoms with van der Waals surface area (Å²) in [5, 5.41) is 0. The van der Waals surface area contributed by atoms with Crippen molar-refractivity contribution in [3.63, 3.8) is 0 Å². The van der Waals surface area contributed by atoms with Gasteiger partial charge in [0.15, 0.2) is 0 Å². The second-order valence-corrected chi connectivity index (χ2v) is 8.42. The van der Waals surface area contributed by atoms with Crippen LogP contribution in [0.4, 0.5) is 5.69 Å². The first-order valence-corrected chi connectivity index (χ1v) is 11.1. The second-order valence-electron chi connectivity index (χ2n) is 8.42. The molecule has 0 aromatic heterocycles. The summed E-state index contributed by atoms with van der Waals surface area (Å²) >= 11 is 0. The van der Waals surface area contributed by atoms with Crippen molar-refractivity contribution in [2.75, 3.05) is 51.8 Å². The Bertz CT molecular complexity index is 1040. The van der Waals surface area contributed by atoms with Crippen molar-refractivity contribution < 1.29 is 23.9 Å². The third kappa shape index (κ3) is 4.65. The van der Waals surface area contributed by atoms with Crippen molar-refractivity contribution in [3.8, 4) is 11.5 Å². The lowest BCUT2D eigenvalue weighted by molar-refractivity contribution is -0.137. The lowest BCUT2D eigenvalue weighted by Crippen LogP contribution is -2.52. The summed E-state index contributed by atoms with van der Waals surface area (Å²) in [6.07, 6.45) is 0.217. The van der Waals surface area contributed by atoms with Crippen LogP contribution in [0.1, 0.15) is 22.3 Å². The number of hydrogen-bond donors (Lipinski definition) is 0. The maximum atomic E-state index is 13.1. The van der Waals surface area contributed by atoms with E-state index in [0.717, 1.165) is 11.3 Å². The number of carbonyl (C=O) groups is 3. The molecule has 1 unspecified atom stereocenters. The Morgan fingerprint density at radius 3 is 2.21 bits per heavy atom. The highest BCUT2D eigenvalue weighted by Crippen LogP contribution is 2.28. The van der Waals surface area contributed by atoms with Gasteiger partial charge < -0.3 is 24.2 Å². The number of methoxy groups -OCH3 is 2. The van der Waals surface area contributed by atoms with Crippen molar-refractivity contribution >= 4 is 23.4 Å². The third-order valence-electron chi connectivity index (χ3n) is 6.34. The number of amides is 3. The molecule has 2 aromatic carbocycles. The topological polar surface area (TPSA) is 79.4 Å². The minimum Gasteiger partial charge on any atom is -0.497 e. The van der Waals surface area contributed by atoms with Crippen molar-refractivity contribution in [2.45, 2.75) is 13.3 Å². The molecule has 2 saturated heterocycles. The standard InChI is InChI=1S/C25H29N3O5/c1-17-4-6-19(7-5-17)28-16-18(14-23(28)29)24(30)26-10-12-27(13-11-26)25(31)21-9-8-20(32-2)15-22(21)33-3/h4-9,15,18H,10-14,16H2,1-3H3. The van der Waals surface area contributed by atoms with E-state index >= 15 is 0 Å². The van der Waals surface area contributed by atoms with E-state index in [2.05, 4.69) is 0 Å². The fraction of sp³-hybridized carbons (Fsp3) is 0.400. The van der Waals surface area contributed by atoms with Gasteiger partial charge in [-0.05, 0) is 31.2 Å². The highest BCUT2D eigenvalue weighted by molar-refractivity contribution is 6.00. The Labute approximate surface area is 193 Å². The third-order valence-corrected chi connectivity index (χ3v) is 6.34. The van der Waals surface area contributed by atoms with Gasteiger partial charge in [0.2, 0.25) is 11.8 Å². The first-order chi connectivity index (χ1) is 15.9. The number of benzene rings is 2. The van der Waals surface area contributed by atoms with Gasteiger partial charge in [0.25, 0.3) is 5.91 Å². The van der Waals surface area contributed by atoms with Crippen LogP contribution in [0.15, 0.2) is 42.5 Å². The van der Waals surface area contributed by atoms with Crippen molar-refractivity contribution in [3.05, 3.63) is 53.6 Å². The van der Waals surface area contributed by atoms with E-state index in [1.807, 2.05) is 31.2 Å². The first-order valence-electron chi connectivity index (χ1n) is 11.1. The van der Waals surface area contributed by atoms with Crippen LogP contribution in [0.25, 0.3) is 0 Å². The molecular formula is C25H29N3O5. The van der Waals surface area contributed by atoms with Crippen LogP contribution in [0, 0.1) is 12.8 Å². The molecule has 0 spiro atoms. The number of rotatable bonds is 5. The molecule has 3 amide bonds. The van der Waals surface area contributed by atoms with Gasteiger partial charge in [0.1, 0.15) is 11.5 Å². The van der Waals surface area contributed by atoms with Gasteiger partial charge >= 0.3 is 0 Å². The molecule has 8 heteroatoms. The van der Waals surface area contributed by atoms with Crippen LogP contribution in [0.2, 0.25) is 0 Å². The Morgan fingerprint density at radius 2 is 1.58 bits per heavy atom. The molecule has 1 atom stereocenters. The molecule has 2 fully saturated rings. The molecule has 0 radical (unpaired) electrons. The van der Waals surface area contributed by atoms with E-state index in [-0.39, 0.29) is 30.1 Å². The van der Waals surface area contributed by atoms with E-state index in [0.29, 0.717) is 49.8 Å². The lowest BCUT2D eigenvalue weighted by atomic mass is 10.1. The molecule has 8 nitrogen and oxygen atoms in total. The molecule has 4 rings (SSSR count). The molecule has 0 N–H and O–H groups in total. The van der Waals surface area contributed by atoms with E-state index < -0.39 is 0 Å². The maximum absolute atomic E-state index is 13.1. The smallest absolute Gasteiger partial charge is 0.257 e. The van der Waals surface area contributed by atoms with E-state index in [1.54, 1.807) is 40.0 Å². The summed E-state index contributed by atoms with van der Waals surface area (Å²) in [6.45, 7) is 4.14. The highest BCUT2D eigenvalue weighted by atomic mass is 16.5. The average Bonchev–Trinajstić information content (AvgIpc) is 3.24. The van der Waals surface area contributed by atoms with Crippen molar-refractivity contribution in [2.24, 2.45) is 5.92 Å². The summed E-state index contributed by atoms with van der Waals surface area (Å²) < 4.78 is 10.6. The van der Waals surface area contributed by atoms with E-state index in [9.17, 15) is 14.4 Å². The summed E-state index contributed by atoms with van der Waals surface area (Å²) in [5.41, 5.74) is 2.41. The second kappa shape index (κ2) is 9.52. The zero-order valence-electron chi connectivity index (χ0n) is 19.2. The predicted octanol–water partition coefficient (Wildman–Crippen LogP) is 2.35. The fourth-order valence-corrected chi connectivity index (χ4v) is 4.38. The molecule has 2 heterocycles. The Balaban J connectivity index is 1.36. The summed E-state index contributed by atoms with van der Waals surface area (Å²) in [6, 6.07) is 12.9. The minimum atomic E-state index is -0.359.